The standard InChI is InChI=1S/C19H29NO3/c1-5-13-20(16-9-7-6-8-10-16)14-15-11-12-17(21-2)19(23-4)18(15)22-3/h5,11-12,16H,1,6-10,13-14H2,2-4H3. The lowest BCUT2D eigenvalue weighted by Gasteiger charge is -2.34. The van der Waals surface area contributed by atoms with Crippen LogP contribution in [-0.4, -0.2) is 38.8 Å². The number of ether oxygens (including phenoxy) is 3. The van der Waals surface area contributed by atoms with Crippen molar-refractivity contribution in [3.05, 3.63) is 30.4 Å². The maximum Gasteiger partial charge on any atom is 0.203 e. The summed E-state index contributed by atoms with van der Waals surface area (Å²) in [7, 11) is 4.97. The van der Waals surface area contributed by atoms with Gasteiger partial charge in [0.25, 0.3) is 0 Å². The number of hydrogen-bond acceptors (Lipinski definition) is 4. The van der Waals surface area contributed by atoms with Crippen LogP contribution in [-0.2, 0) is 6.54 Å². The lowest BCUT2D eigenvalue weighted by atomic mass is 9.93. The van der Waals surface area contributed by atoms with Crippen LogP contribution in [0.1, 0.15) is 37.7 Å². The minimum atomic E-state index is 0.625. The molecule has 0 saturated heterocycles. The average molecular weight is 319 g/mol. The van der Waals surface area contributed by atoms with E-state index in [9.17, 15) is 0 Å². The number of rotatable bonds is 8. The van der Waals surface area contributed by atoms with Crippen LogP contribution in [0.3, 0.4) is 0 Å². The Balaban J connectivity index is 2.26. The highest BCUT2D eigenvalue weighted by Crippen LogP contribution is 2.40. The topological polar surface area (TPSA) is 30.9 Å². The molecule has 0 radical (unpaired) electrons. The first-order valence-corrected chi connectivity index (χ1v) is 8.38. The molecule has 1 aromatic carbocycles. The van der Waals surface area contributed by atoms with Crippen LogP contribution in [0.25, 0.3) is 0 Å². The molecule has 0 amide bonds. The summed E-state index contributed by atoms with van der Waals surface area (Å²) in [5, 5.41) is 0. The second kappa shape index (κ2) is 8.82. The van der Waals surface area contributed by atoms with Crippen molar-refractivity contribution >= 4 is 0 Å². The highest BCUT2D eigenvalue weighted by Gasteiger charge is 2.23. The normalized spacial score (nSPS) is 15.5. The van der Waals surface area contributed by atoms with Gasteiger partial charge in [-0.3, -0.25) is 4.90 Å². The van der Waals surface area contributed by atoms with E-state index in [1.54, 1.807) is 21.3 Å². The first-order chi connectivity index (χ1) is 11.2. The Morgan fingerprint density at radius 2 is 1.74 bits per heavy atom. The Labute approximate surface area is 140 Å². The van der Waals surface area contributed by atoms with Gasteiger partial charge in [0.15, 0.2) is 11.5 Å². The SMILES string of the molecule is C=CCN(Cc1ccc(OC)c(OC)c1OC)C1CCCCC1. The zero-order valence-electron chi connectivity index (χ0n) is 14.6. The van der Waals surface area contributed by atoms with Crippen molar-refractivity contribution in [3.63, 3.8) is 0 Å². The summed E-state index contributed by atoms with van der Waals surface area (Å²) < 4.78 is 16.5. The van der Waals surface area contributed by atoms with Gasteiger partial charge in [-0.1, -0.05) is 31.4 Å². The molecule has 1 fully saturated rings. The molecule has 128 valence electrons. The molecule has 4 heteroatoms. The van der Waals surface area contributed by atoms with Crippen LogP contribution in [0.2, 0.25) is 0 Å². The zero-order valence-corrected chi connectivity index (χ0v) is 14.6. The summed E-state index contributed by atoms with van der Waals surface area (Å²) in [5.41, 5.74) is 1.12. The molecule has 0 aliphatic heterocycles. The smallest absolute Gasteiger partial charge is 0.203 e. The molecule has 23 heavy (non-hydrogen) atoms. The van der Waals surface area contributed by atoms with Crippen molar-refractivity contribution in [2.45, 2.75) is 44.7 Å². The Morgan fingerprint density at radius 1 is 1.04 bits per heavy atom. The van der Waals surface area contributed by atoms with Gasteiger partial charge in [0.2, 0.25) is 5.75 Å². The van der Waals surface area contributed by atoms with Crippen molar-refractivity contribution < 1.29 is 14.2 Å². The fourth-order valence-electron chi connectivity index (χ4n) is 3.46. The van der Waals surface area contributed by atoms with E-state index in [0.717, 1.165) is 24.4 Å². The minimum absolute atomic E-state index is 0.625. The molecule has 0 heterocycles. The number of hydrogen-bond donors (Lipinski definition) is 0. The van der Waals surface area contributed by atoms with E-state index in [-0.39, 0.29) is 0 Å². The van der Waals surface area contributed by atoms with Crippen molar-refractivity contribution in [3.8, 4) is 17.2 Å². The van der Waals surface area contributed by atoms with Gasteiger partial charge in [-0.2, -0.15) is 0 Å². The van der Waals surface area contributed by atoms with Crippen molar-refractivity contribution in [1.29, 1.82) is 0 Å². The molecule has 2 rings (SSSR count). The van der Waals surface area contributed by atoms with Gasteiger partial charge in [0, 0.05) is 24.7 Å². The van der Waals surface area contributed by atoms with Crippen molar-refractivity contribution in [2.75, 3.05) is 27.9 Å². The van der Waals surface area contributed by atoms with E-state index in [0.29, 0.717) is 17.5 Å². The van der Waals surface area contributed by atoms with Gasteiger partial charge < -0.3 is 14.2 Å². The molecule has 0 atom stereocenters. The second-order valence-corrected chi connectivity index (χ2v) is 6.00. The predicted octanol–water partition coefficient (Wildman–Crippen LogP) is 4.03. The summed E-state index contributed by atoms with van der Waals surface area (Å²) in [6.07, 6.45) is 8.52. The minimum Gasteiger partial charge on any atom is -0.493 e. The van der Waals surface area contributed by atoms with Crippen LogP contribution in [0.15, 0.2) is 24.8 Å². The quantitative estimate of drug-likeness (QED) is 0.677. The first kappa shape index (κ1) is 17.7. The Bertz CT molecular complexity index is 510. The molecule has 1 saturated carbocycles. The molecular formula is C19H29NO3. The lowest BCUT2D eigenvalue weighted by Crippen LogP contribution is -2.36. The van der Waals surface area contributed by atoms with E-state index >= 15 is 0 Å². The van der Waals surface area contributed by atoms with E-state index in [4.69, 9.17) is 14.2 Å². The molecule has 0 bridgehead atoms. The van der Waals surface area contributed by atoms with Crippen molar-refractivity contribution in [2.24, 2.45) is 0 Å². The van der Waals surface area contributed by atoms with Crippen LogP contribution >= 0.6 is 0 Å². The highest BCUT2D eigenvalue weighted by molar-refractivity contribution is 5.55. The predicted molar refractivity (Wildman–Crippen MR) is 93.6 cm³/mol. The van der Waals surface area contributed by atoms with Gasteiger partial charge in [-0.05, 0) is 18.9 Å². The summed E-state index contributed by atoms with van der Waals surface area (Å²) in [5.74, 6) is 2.12. The highest BCUT2D eigenvalue weighted by atomic mass is 16.5. The Hall–Kier alpha value is -1.68. The average Bonchev–Trinajstić information content (AvgIpc) is 2.61. The molecule has 1 aliphatic carbocycles. The van der Waals surface area contributed by atoms with Gasteiger partial charge in [0.1, 0.15) is 0 Å². The molecule has 1 aromatic rings. The molecule has 0 unspecified atom stereocenters. The second-order valence-electron chi connectivity index (χ2n) is 6.00. The fraction of sp³-hybridized carbons (Fsp3) is 0.579. The zero-order chi connectivity index (χ0) is 16.7. The van der Waals surface area contributed by atoms with E-state index in [2.05, 4.69) is 17.5 Å². The van der Waals surface area contributed by atoms with E-state index < -0.39 is 0 Å². The van der Waals surface area contributed by atoms with Crippen LogP contribution < -0.4 is 14.2 Å². The van der Waals surface area contributed by atoms with E-state index in [1.807, 2.05) is 12.1 Å². The Kier molecular flexibility index (Phi) is 6.78. The largest absolute Gasteiger partial charge is 0.493 e. The van der Waals surface area contributed by atoms with Gasteiger partial charge >= 0.3 is 0 Å². The Morgan fingerprint density at radius 3 is 2.30 bits per heavy atom. The maximum atomic E-state index is 5.62. The summed E-state index contributed by atoms with van der Waals surface area (Å²) in [6.45, 7) is 5.65. The molecule has 4 nitrogen and oxygen atoms in total. The fourth-order valence-corrected chi connectivity index (χ4v) is 3.46. The third-order valence-electron chi connectivity index (χ3n) is 4.61. The third kappa shape index (κ3) is 4.20. The van der Waals surface area contributed by atoms with Crippen LogP contribution in [0.5, 0.6) is 17.2 Å². The monoisotopic (exact) mass is 319 g/mol. The lowest BCUT2D eigenvalue weighted by molar-refractivity contribution is 0.162. The molecular weight excluding hydrogens is 290 g/mol. The van der Waals surface area contributed by atoms with Crippen LogP contribution in [0.4, 0.5) is 0 Å². The summed E-state index contributed by atoms with van der Waals surface area (Å²) >= 11 is 0. The summed E-state index contributed by atoms with van der Waals surface area (Å²) in [4.78, 5) is 2.50. The third-order valence-corrected chi connectivity index (χ3v) is 4.61. The van der Waals surface area contributed by atoms with Gasteiger partial charge in [0.05, 0.1) is 21.3 Å². The van der Waals surface area contributed by atoms with Crippen molar-refractivity contribution in [1.82, 2.24) is 4.90 Å². The maximum absolute atomic E-state index is 5.62. The number of methoxy groups -OCH3 is 3. The molecule has 1 aliphatic rings. The number of nitrogens with zero attached hydrogens (tertiary/aromatic N) is 1. The van der Waals surface area contributed by atoms with E-state index in [1.165, 1.54) is 32.1 Å². The van der Waals surface area contributed by atoms with Gasteiger partial charge in [-0.25, -0.2) is 0 Å². The van der Waals surface area contributed by atoms with Crippen LogP contribution in [0, 0.1) is 0 Å². The first-order valence-electron chi connectivity index (χ1n) is 8.38. The van der Waals surface area contributed by atoms with Gasteiger partial charge in [-0.15, -0.1) is 6.58 Å². The number of benzene rings is 1. The molecule has 0 spiro atoms. The summed E-state index contributed by atoms with van der Waals surface area (Å²) in [6, 6.07) is 4.64. The molecule has 0 aromatic heterocycles. The molecule has 0 N–H and O–H groups in total.